The van der Waals surface area contributed by atoms with Gasteiger partial charge in [-0.1, -0.05) is 0 Å². The Morgan fingerprint density at radius 3 is 1.91 bits per heavy atom. The van der Waals surface area contributed by atoms with Crippen LogP contribution < -0.4 is 19.5 Å². The minimum absolute atomic E-state index is 0.194. The van der Waals surface area contributed by atoms with Gasteiger partial charge in [0.05, 0.1) is 31.6 Å². The highest BCUT2D eigenvalue weighted by Gasteiger charge is 2.16. The average molecular weight is 311 g/mol. The lowest BCUT2D eigenvalue weighted by Crippen LogP contribution is -2.18. The smallest absolute Gasteiger partial charge is 0.411 e. The van der Waals surface area contributed by atoms with E-state index in [1.54, 1.807) is 26.0 Å². The largest absolute Gasteiger partial charge is 0.490 e. The number of anilines is 1. The summed E-state index contributed by atoms with van der Waals surface area (Å²) in [4.78, 5) is 11.7. The van der Waals surface area contributed by atoms with Gasteiger partial charge >= 0.3 is 6.09 Å². The van der Waals surface area contributed by atoms with Gasteiger partial charge in [-0.25, -0.2) is 4.79 Å². The van der Waals surface area contributed by atoms with Crippen molar-refractivity contribution in [1.82, 2.24) is 0 Å². The molecule has 0 aromatic heterocycles. The van der Waals surface area contributed by atoms with Crippen LogP contribution in [-0.2, 0) is 4.74 Å². The first-order valence-electron chi connectivity index (χ1n) is 7.55. The zero-order valence-corrected chi connectivity index (χ0v) is 13.9. The molecule has 1 aromatic carbocycles. The van der Waals surface area contributed by atoms with Crippen molar-refractivity contribution in [3.8, 4) is 17.2 Å². The van der Waals surface area contributed by atoms with Crippen molar-refractivity contribution in [3.05, 3.63) is 12.1 Å². The number of nitrogens with one attached hydrogen (secondary N) is 1. The summed E-state index contributed by atoms with van der Waals surface area (Å²) in [6.07, 6.45) is -0.718. The van der Waals surface area contributed by atoms with Gasteiger partial charge in [0.15, 0.2) is 11.5 Å². The molecule has 0 bridgehead atoms. The van der Waals surface area contributed by atoms with Gasteiger partial charge in [0.25, 0.3) is 0 Å². The van der Waals surface area contributed by atoms with E-state index in [9.17, 15) is 4.79 Å². The third kappa shape index (κ3) is 5.35. The predicted octanol–water partition coefficient (Wildman–Crippen LogP) is 3.84. The topological polar surface area (TPSA) is 66.0 Å². The van der Waals surface area contributed by atoms with E-state index in [4.69, 9.17) is 18.9 Å². The molecule has 0 aliphatic rings. The molecule has 1 N–H and O–H groups in total. The minimum atomic E-state index is -0.524. The molecular formula is C16H25NO5. The first-order valence-corrected chi connectivity index (χ1v) is 7.55. The maximum absolute atomic E-state index is 11.7. The molecule has 0 radical (unpaired) electrons. The van der Waals surface area contributed by atoms with Gasteiger partial charge in [-0.05, 0) is 34.6 Å². The Bertz CT molecular complexity index is 460. The quantitative estimate of drug-likeness (QED) is 0.790. The Morgan fingerprint density at radius 1 is 1.00 bits per heavy atom. The van der Waals surface area contributed by atoms with Crippen LogP contribution in [-0.4, -0.2) is 32.0 Å². The lowest BCUT2D eigenvalue weighted by atomic mass is 10.2. The molecule has 0 heterocycles. The summed E-state index contributed by atoms with van der Waals surface area (Å²) >= 11 is 0. The van der Waals surface area contributed by atoms with Crippen LogP contribution in [0.1, 0.15) is 34.6 Å². The molecule has 22 heavy (non-hydrogen) atoms. The molecule has 6 heteroatoms. The number of hydrogen-bond donors (Lipinski definition) is 1. The fraction of sp³-hybridized carbons (Fsp3) is 0.562. The maximum Gasteiger partial charge on any atom is 0.411 e. The van der Waals surface area contributed by atoms with E-state index in [2.05, 4.69) is 5.32 Å². The van der Waals surface area contributed by atoms with E-state index < -0.39 is 6.09 Å². The normalized spacial score (nSPS) is 10.3. The first-order chi connectivity index (χ1) is 10.5. The Morgan fingerprint density at radius 2 is 1.50 bits per heavy atom. The van der Waals surface area contributed by atoms with Crippen molar-refractivity contribution in [1.29, 1.82) is 0 Å². The van der Waals surface area contributed by atoms with Gasteiger partial charge in [0.2, 0.25) is 5.75 Å². The summed E-state index contributed by atoms with van der Waals surface area (Å²) in [5.74, 6) is 1.58. The molecular weight excluding hydrogens is 286 g/mol. The van der Waals surface area contributed by atoms with Crippen LogP contribution in [0.3, 0.4) is 0 Å². The van der Waals surface area contributed by atoms with Gasteiger partial charge in [-0.2, -0.15) is 0 Å². The summed E-state index contributed by atoms with van der Waals surface area (Å²) in [5.41, 5.74) is 0.529. The second-order valence-corrected chi connectivity index (χ2v) is 4.68. The lowest BCUT2D eigenvalue weighted by molar-refractivity contribution is 0.130. The van der Waals surface area contributed by atoms with Crippen molar-refractivity contribution in [2.45, 2.75) is 40.7 Å². The molecule has 0 aliphatic carbocycles. The van der Waals surface area contributed by atoms with E-state index >= 15 is 0 Å². The van der Waals surface area contributed by atoms with Crippen LogP contribution in [0.15, 0.2) is 12.1 Å². The zero-order valence-electron chi connectivity index (χ0n) is 13.9. The summed E-state index contributed by atoms with van der Waals surface area (Å²) < 4.78 is 21.8. The molecule has 0 atom stereocenters. The predicted molar refractivity (Wildman–Crippen MR) is 85.2 cm³/mol. The second kappa shape index (κ2) is 9.02. The molecule has 1 amide bonds. The first kappa shape index (κ1) is 17.9. The molecule has 0 saturated carbocycles. The molecule has 0 fully saturated rings. The molecule has 0 aliphatic heterocycles. The van der Waals surface area contributed by atoms with Gasteiger partial charge in [0, 0.05) is 12.1 Å². The molecule has 6 nitrogen and oxygen atoms in total. The van der Waals surface area contributed by atoms with Crippen molar-refractivity contribution < 1.29 is 23.7 Å². The Balaban J connectivity index is 3.09. The standard InChI is InChI=1S/C16H25NO5/c1-6-19-13-9-12(17-16(18)22-11(4)5)10-14(20-7-2)15(13)21-8-3/h9-11H,6-8H2,1-5H3,(H,17,18). The van der Waals surface area contributed by atoms with E-state index in [1.807, 2.05) is 20.8 Å². The lowest BCUT2D eigenvalue weighted by Gasteiger charge is -2.17. The minimum Gasteiger partial charge on any atom is -0.490 e. The van der Waals surface area contributed by atoms with Crippen molar-refractivity contribution in [2.75, 3.05) is 25.1 Å². The second-order valence-electron chi connectivity index (χ2n) is 4.68. The summed E-state index contributed by atoms with van der Waals surface area (Å²) in [6, 6.07) is 3.39. The number of carbonyl (C=O) groups is 1. The van der Waals surface area contributed by atoms with Gasteiger partial charge in [-0.15, -0.1) is 0 Å². The van der Waals surface area contributed by atoms with Crippen LogP contribution in [0.5, 0.6) is 17.2 Å². The van der Waals surface area contributed by atoms with E-state index in [0.29, 0.717) is 42.8 Å². The molecule has 1 rings (SSSR count). The van der Waals surface area contributed by atoms with Gasteiger partial charge < -0.3 is 18.9 Å². The number of hydrogen-bond acceptors (Lipinski definition) is 5. The summed E-state index contributed by atoms with van der Waals surface area (Å²) in [6.45, 7) is 10.7. The van der Waals surface area contributed by atoms with Gasteiger partial charge in [-0.3, -0.25) is 5.32 Å². The zero-order chi connectivity index (χ0) is 16.5. The maximum atomic E-state index is 11.7. The van der Waals surface area contributed by atoms with Crippen LogP contribution >= 0.6 is 0 Å². The van der Waals surface area contributed by atoms with Crippen LogP contribution in [0.4, 0.5) is 10.5 Å². The van der Waals surface area contributed by atoms with Crippen LogP contribution in [0.2, 0.25) is 0 Å². The van der Waals surface area contributed by atoms with E-state index in [-0.39, 0.29) is 6.10 Å². The number of amides is 1. The number of carbonyl (C=O) groups excluding carboxylic acids is 1. The summed E-state index contributed by atoms with van der Waals surface area (Å²) in [7, 11) is 0. The molecule has 0 unspecified atom stereocenters. The Labute approximate surface area is 131 Å². The average Bonchev–Trinajstić information content (AvgIpc) is 2.42. The van der Waals surface area contributed by atoms with E-state index in [1.165, 1.54) is 0 Å². The molecule has 0 saturated heterocycles. The third-order valence-electron chi connectivity index (χ3n) is 2.50. The van der Waals surface area contributed by atoms with Crippen molar-refractivity contribution in [3.63, 3.8) is 0 Å². The molecule has 1 aromatic rings. The highest BCUT2D eigenvalue weighted by molar-refractivity contribution is 5.86. The van der Waals surface area contributed by atoms with Crippen LogP contribution in [0, 0.1) is 0 Å². The number of rotatable bonds is 8. The SMILES string of the molecule is CCOc1cc(NC(=O)OC(C)C)cc(OCC)c1OCC. The van der Waals surface area contributed by atoms with Gasteiger partial charge in [0.1, 0.15) is 0 Å². The third-order valence-corrected chi connectivity index (χ3v) is 2.50. The highest BCUT2D eigenvalue weighted by atomic mass is 16.6. The fourth-order valence-corrected chi connectivity index (χ4v) is 1.82. The molecule has 0 spiro atoms. The fourth-order valence-electron chi connectivity index (χ4n) is 1.82. The summed E-state index contributed by atoms with van der Waals surface area (Å²) in [5, 5.41) is 2.66. The highest BCUT2D eigenvalue weighted by Crippen LogP contribution is 2.40. The number of ether oxygens (including phenoxy) is 4. The van der Waals surface area contributed by atoms with E-state index in [0.717, 1.165) is 0 Å². The van der Waals surface area contributed by atoms with Crippen molar-refractivity contribution >= 4 is 11.8 Å². The van der Waals surface area contributed by atoms with Crippen molar-refractivity contribution in [2.24, 2.45) is 0 Å². The Kier molecular flexibility index (Phi) is 7.36. The molecule has 124 valence electrons. The monoisotopic (exact) mass is 311 g/mol. The van der Waals surface area contributed by atoms with Crippen LogP contribution in [0.25, 0.3) is 0 Å². The number of benzene rings is 1. The Hall–Kier alpha value is -2.11.